The van der Waals surface area contributed by atoms with Gasteiger partial charge in [0.05, 0.1) is 19.8 Å². The molecule has 140 valence electrons. The zero-order valence-corrected chi connectivity index (χ0v) is 15.4. The van der Waals surface area contributed by atoms with Gasteiger partial charge in [0.15, 0.2) is 0 Å². The fourth-order valence-corrected chi connectivity index (χ4v) is 3.08. The molecule has 1 aromatic rings. The number of carbonyl (C=O) groups excluding carboxylic acids is 2. The van der Waals surface area contributed by atoms with Crippen molar-refractivity contribution >= 4 is 11.9 Å². The molecule has 0 radical (unpaired) electrons. The first-order valence-electron chi connectivity index (χ1n) is 8.94. The second-order valence-corrected chi connectivity index (χ2v) is 6.25. The molecule has 0 aliphatic carbocycles. The van der Waals surface area contributed by atoms with E-state index in [1.165, 1.54) is 0 Å². The maximum atomic E-state index is 12.1. The second-order valence-electron chi connectivity index (χ2n) is 6.25. The lowest BCUT2D eigenvalue weighted by Crippen LogP contribution is -2.41. The molecule has 0 spiro atoms. The van der Waals surface area contributed by atoms with Gasteiger partial charge < -0.3 is 19.8 Å². The van der Waals surface area contributed by atoms with Crippen LogP contribution in [0.1, 0.15) is 40.7 Å². The molecule has 0 aromatic carbocycles. The van der Waals surface area contributed by atoms with Crippen molar-refractivity contribution in [3.05, 3.63) is 22.5 Å². The predicted octanol–water partition coefficient (Wildman–Crippen LogP) is 1.19. The van der Waals surface area contributed by atoms with E-state index < -0.39 is 0 Å². The zero-order chi connectivity index (χ0) is 18.2. The Bertz CT molecular complexity index is 591. The molecular weight excluding hydrogens is 322 g/mol. The molecule has 25 heavy (non-hydrogen) atoms. The van der Waals surface area contributed by atoms with Gasteiger partial charge >= 0.3 is 5.97 Å². The van der Waals surface area contributed by atoms with Gasteiger partial charge in [-0.15, -0.1) is 0 Å². The van der Waals surface area contributed by atoms with Crippen molar-refractivity contribution in [1.29, 1.82) is 0 Å². The summed E-state index contributed by atoms with van der Waals surface area (Å²) in [5.74, 6) is -0.310. The molecule has 2 N–H and O–H groups in total. The molecular formula is C18H29N3O4. The number of nitrogens with zero attached hydrogens (tertiary/aromatic N) is 1. The van der Waals surface area contributed by atoms with E-state index in [-0.39, 0.29) is 11.9 Å². The number of amides is 1. The van der Waals surface area contributed by atoms with E-state index in [4.69, 9.17) is 9.47 Å². The van der Waals surface area contributed by atoms with Crippen LogP contribution in [0.5, 0.6) is 0 Å². The monoisotopic (exact) mass is 351 g/mol. The Morgan fingerprint density at radius 3 is 2.68 bits per heavy atom. The fourth-order valence-electron chi connectivity index (χ4n) is 3.08. The third-order valence-corrected chi connectivity index (χ3v) is 4.53. The summed E-state index contributed by atoms with van der Waals surface area (Å²) in [5.41, 5.74) is 3.30. The van der Waals surface area contributed by atoms with E-state index >= 15 is 0 Å². The summed E-state index contributed by atoms with van der Waals surface area (Å²) in [6, 6.07) is 0. The first kappa shape index (κ1) is 19.5. The molecule has 1 fully saturated rings. The molecule has 0 bridgehead atoms. The number of aryl methyl sites for hydroxylation is 1. The van der Waals surface area contributed by atoms with Crippen LogP contribution >= 0.6 is 0 Å². The highest BCUT2D eigenvalue weighted by Gasteiger charge is 2.18. The number of H-pyrrole nitrogens is 1. The highest BCUT2D eigenvalue weighted by molar-refractivity contribution is 5.90. The molecule has 1 amide bonds. The first-order valence-corrected chi connectivity index (χ1v) is 8.94. The Balaban J connectivity index is 1.78. The number of nitrogens with one attached hydrogen (secondary N) is 2. The minimum atomic E-state index is -0.343. The number of aromatic nitrogens is 1. The predicted molar refractivity (Wildman–Crippen MR) is 94.8 cm³/mol. The first-order chi connectivity index (χ1) is 12.0. The number of ether oxygens (including phenoxy) is 2. The lowest BCUT2D eigenvalue weighted by Gasteiger charge is -2.26. The molecule has 0 unspecified atom stereocenters. The van der Waals surface area contributed by atoms with Crippen LogP contribution in [0.3, 0.4) is 0 Å². The maximum absolute atomic E-state index is 12.1. The standard InChI is InChI=1S/C18H29N3O4/c1-4-25-18(23)17-13(2)15(14(3)20-17)5-6-16(22)19-7-8-21-9-11-24-12-10-21/h20H,4-12H2,1-3H3,(H,19,22). The zero-order valence-electron chi connectivity index (χ0n) is 15.4. The van der Waals surface area contributed by atoms with E-state index in [2.05, 4.69) is 15.2 Å². The number of hydrogen-bond donors (Lipinski definition) is 2. The number of aromatic amines is 1. The molecule has 0 atom stereocenters. The lowest BCUT2D eigenvalue weighted by atomic mass is 10.0. The van der Waals surface area contributed by atoms with E-state index in [9.17, 15) is 9.59 Å². The second kappa shape index (κ2) is 9.58. The molecule has 0 saturated carbocycles. The van der Waals surface area contributed by atoms with Crippen LogP contribution in [-0.2, 0) is 20.7 Å². The minimum Gasteiger partial charge on any atom is -0.461 e. The topological polar surface area (TPSA) is 83.7 Å². The Hall–Kier alpha value is -1.86. The summed E-state index contributed by atoms with van der Waals surface area (Å²) in [6.07, 6.45) is 1.02. The number of morpholine rings is 1. The van der Waals surface area contributed by atoms with Crippen LogP contribution in [0.4, 0.5) is 0 Å². The van der Waals surface area contributed by atoms with Crippen molar-refractivity contribution in [2.24, 2.45) is 0 Å². The lowest BCUT2D eigenvalue weighted by molar-refractivity contribution is -0.121. The van der Waals surface area contributed by atoms with Crippen LogP contribution in [0.25, 0.3) is 0 Å². The summed E-state index contributed by atoms with van der Waals surface area (Å²) in [5, 5.41) is 2.97. The average molecular weight is 351 g/mol. The van der Waals surface area contributed by atoms with Gasteiger partial charge in [-0.3, -0.25) is 9.69 Å². The van der Waals surface area contributed by atoms with Gasteiger partial charge in [-0.25, -0.2) is 4.79 Å². The van der Waals surface area contributed by atoms with Gasteiger partial charge in [-0.1, -0.05) is 0 Å². The Labute approximate surface area is 149 Å². The highest BCUT2D eigenvalue weighted by Crippen LogP contribution is 2.20. The molecule has 2 rings (SSSR count). The van der Waals surface area contributed by atoms with Crippen molar-refractivity contribution in [1.82, 2.24) is 15.2 Å². The number of esters is 1. The molecule has 1 aliphatic rings. The Morgan fingerprint density at radius 1 is 1.28 bits per heavy atom. The highest BCUT2D eigenvalue weighted by atomic mass is 16.5. The largest absolute Gasteiger partial charge is 0.461 e. The number of rotatable bonds is 8. The molecule has 1 aliphatic heterocycles. The van der Waals surface area contributed by atoms with Crippen LogP contribution in [0, 0.1) is 13.8 Å². The van der Waals surface area contributed by atoms with Crippen molar-refractivity contribution in [3.63, 3.8) is 0 Å². The van der Waals surface area contributed by atoms with E-state index in [0.29, 0.717) is 31.7 Å². The summed E-state index contributed by atoms with van der Waals surface area (Å²) in [7, 11) is 0. The van der Waals surface area contributed by atoms with Gasteiger partial charge in [0.25, 0.3) is 0 Å². The molecule has 1 aromatic heterocycles. The van der Waals surface area contributed by atoms with Crippen molar-refractivity contribution < 1.29 is 19.1 Å². The van der Waals surface area contributed by atoms with Gasteiger partial charge in [-0.2, -0.15) is 0 Å². The van der Waals surface area contributed by atoms with Gasteiger partial charge in [0.2, 0.25) is 5.91 Å². The summed E-state index contributed by atoms with van der Waals surface area (Å²) >= 11 is 0. The van der Waals surface area contributed by atoms with Crippen molar-refractivity contribution in [2.75, 3.05) is 46.0 Å². The van der Waals surface area contributed by atoms with E-state index in [1.807, 2.05) is 13.8 Å². The third kappa shape index (κ3) is 5.57. The molecule has 2 heterocycles. The Kier molecular flexibility index (Phi) is 7.46. The smallest absolute Gasteiger partial charge is 0.355 e. The van der Waals surface area contributed by atoms with E-state index in [1.54, 1.807) is 6.92 Å². The van der Waals surface area contributed by atoms with Gasteiger partial charge in [0, 0.05) is 38.3 Å². The molecule has 7 nitrogen and oxygen atoms in total. The van der Waals surface area contributed by atoms with Crippen LogP contribution in [-0.4, -0.2) is 67.8 Å². The van der Waals surface area contributed by atoms with Crippen molar-refractivity contribution in [2.45, 2.75) is 33.6 Å². The summed E-state index contributed by atoms with van der Waals surface area (Å²) in [6.45, 7) is 10.8. The third-order valence-electron chi connectivity index (χ3n) is 4.53. The normalized spacial score (nSPS) is 15.2. The summed E-state index contributed by atoms with van der Waals surface area (Å²) in [4.78, 5) is 29.4. The number of carbonyl (C=O) groups is 2. The number of hydrogen-bond acceptors (Lipinski definition) is 5. The quantitative estimate of drug-likeness (QED) is 0.688. The van der Waals surface area contributed by atoms with Crippen LogP contribution in [0.15, 0.2) is 0 Å². The Morgan fingerprint density at radius 2 is 2.00 bits per heavy atom. The average Bonchev–Trinajstić information content (AvgIpc) is 2.88. The molecule has 1 saturated heterocycles. The van der Waals surface area contributed by atoms with E-state index in [0.717, 1.165) is 49.7 Å². The van der Waals surface area contributed by atoms with Crippen LogP contribution in [0.2, 0.25) is 0 Å². The van der Waals surface area contributed by atoms with Gasteiger partial charge in [-0.05, 0) is 38.3 Å². The SMILES string of the molecule is CCOC(=O)c1[nH]c(C)c(CCC(=O)NCCN2CCOCC2)c1C. The van der Waals surface area contributed by atoms with Gasteiger partial charge in [0.1, 0.15) is 5.69 Å². The fraction of sp³-hybridized carbons (Fsp3) is 0.667. The summed E-state index contributed by atoms with van der Waals surface area (Å²) < 4.78 is 10.4. The molecule has 7 heteroatoms. The van der Waals surface area contributed by atoms with Crippen molar-refractivity contribution in [3.8, 4) is 0 Å². The minimum absolute atomic E-state index is 0.0333. The van der Waals surface area contributed by atoms with Crippen LogP contribution < -0.4 is 5.32 Å². The maximum Gasteiger partial charge on any atom is 0.355 e.